The maximum atomic E-state index is 14.0. The molecule has 0 aliphatic heterocycles. The maximum absolute atomic E-state index is 14.0. The van der Waals surface area contributed by atoms with Crippen molar-refractivity contribution in [1.29, 1.82) is 0 Å². The summed E-state index contributed by atoms with van der Waals surface area (Å²) in [5, 5.41) is 0. The Hall–Kier alpha value is -5.24. The van der Waals surface area contributed by atoms with Gasteiger partial charge in [0.25, 0.3) is 0 Å². The lowest BCUT2D eigenvalue weighted by atomic mass is 9.94. The second-order valence-corrected chi connectivity index (χ2v) is 19.0. The summed E-state index contributed by atoms with van der Waals surface area (Å²) in [7, 11) is 2.70. The summed E-state index contributed by atoms with van der Waals surface area (Å²) in [5.41, 5.74) is -6.36. The SMILES string of the molecule is COCN(C(=O)OC(C)(C)C)[C@@](C)(Cc1cn(C(=O)OC(C)(C)C)cn1)C(=O)OCCCCOC(=O)[C@](C)(Cc1cn(C(=O)OC(C)(C)C)cn1)N(COC)C(=O)OC(C)(C)C. The molecule has 0 bridgehead atoms. The first-order valence-electron chi connectivity index (χ1n) is 20.2. The van der Waals surface area contributed by atoms with Gasteiger partial charge in [-0.2, -0.15) is 0 Å². The van der Waals surface area contributed by atoms with E-state index in [1.165, 1.54) is 53.1 Å². The summed E-state index contributed by atoms with van der Waals surface area (Å²) < 4.78 is 46.4. The topological polar surface area (TPSA) is 218 Å². The molecule has 2 heterocycles. The van der Waals surface area contributed by atoms with Gasteiger partial charge in [0, 0.05) is 39.5 Å². The fraction of sp³-hybridized carbons (Fsp3) is 0.714. The fourth-order valence-corrected chi connectivity index (χ4v) is 5.53. The van der Waals surface area contributed by atoms with Crippen molar-refractivity contribution >= 4 is 36.3 Å². The fourth-order valence-electron chi connectivity index (χ4n) is 5.53. The zero-order chi connectivity index (χ0) is 47.5. The number of methoxy groups -OCH3 is 2. The molecule has 0 N–H and O–H groups in total. The Bertz CT molecular complexity index is 1720. The van der Waals surface area contributed by atoms with Crippen LogP contribution in [0.15, 0.2) is 25.0 Å². The largest absolute Gasteiger partial charge is 0.464 e. The van der Waals surface area contributed by atoms with E-state index in [1.54, 1.807) is 83.1 Å². The van der Waals surface area contributed by atoms with Crippen molar-refractivity contribution in [2.45, 2.75) is 156 Å². The van der Waals surface area contributed by atoms with E-state index in [9.17, 15) is 28.8 Å². The molecule has 350 valence electrons. The van der Waals surface area contributed by atoms with E-state index in [0.717, 1.165) is 18.9 Å². The van der Waals surface area contributed by atoms with Gasteiger partial charge in [0.1, 0.15) is 59.6 Å². The summed E-state index contributed by atoms with van der Waals surface area (Å²) in [6, 6.07) is 0. The Kier molecular flexibility index (Phi) is 18.1. The molecule has 0 unspecified atom stereocenters. The monoisotopic (exact) mass is 880 g/mol. The van der Waals surface area contributed by atoms with Gasteiger partial charge in [-0.1, -0.05) is 0 Å². The number of esters is 2. The van der Waals surface area contributed by atoms with Gasteiger partial charge in [0.05, 0.1) is 24.6 Å². The molecule has 0 spiro atoms. The average molecular weight is 881 g/mol. The Balaban J connectivity index is 2.30. The molecular weight excluding hydrogens is 812 g/mol. The number of rotatable bonds is 17. The van der Waals surface area contributed by atoms with E-state index in [2.05, 4.69) is 9.97 Å². The molecule has 2 rings (SSSR count). The minimum Gasteiger partial charge on any atom is -0.464 e. The number of nitrogens with zero attached hydrogens (tertiary/aromatic N) is 6. The Morgan fingerprint density at radius 1 is 0.516 bits per heavy atom. The number of imidazole rings is 2. The lowest BCUT2D eigenvalue weighted by Gasteiger charge is -2.39. The maximum Gasteiger partial charge on any atom is 0.419 e. The third-order valence-electron chi connectivity index (χ3n) is 8.35. The average Bonchev–Trinajstić information content (AvgIpc) is 3.77. The molecule has 0 aromatic carbocycles. The number of carbonyl (C=O) groups is 6. The van der Waals surface area contributed by atoms with Gasteiger partial charge in [-0.25, -0.2) is 47.9 Å². The van der Waals surface area contributed by atoms with Crippen molar-refractivity contribution in [3.05, 3.63) is 36.4 Å². The van der Waals surface area contributed by atoms with Crippen molar-refractivity contribution in [2.24, 2.45) is 0 Å². The number of amides is 2. The van der Waals surface area contributed by atoms with Crippen molar-refractivity contribution in [2.75, 3.05) is 40.9 Å². The zero-order valence-electron chi connectivity index (χ0n) is 39.4. The van der Waals surface area contributed by atoms with Crippen LogP contribution in [0.5, 0.6) is 0 Å². The van der Waals surface area contributed by atoms with Gasteiger partial charge in [-0.15, -0.1) is 0 Å². The lowest BCUT2D eigenvalue weighted by Crippen LogP contribution is -2.59. The van der Waals surface area contributed by atoms with E-state index in [1.807, 2.05) is 0 Å². The van der Waals surface area contributed by atoms with Gasteiger partial charge in [0.15, 0.2) is 0 Å². The summed E-state index contributed by atoms with van der Waals surface area (Å²) >= 11 is 0. The second-order valence-electron chi connectivity index (χ2n) is 19.0. The lowest BCUT2D eigenvalue weighted by molar-refractivity contribution is -0.162. The van der Waals surface area contributed by atoms with Gasteiger partial charge >= 0.3 is 36.3 Å². The molecule has 0 aliphatic carbocycles. The third-order valence-corrected chi connectivity index (χ3v) is 8.35. The normalized spacial score (nSPS) is 14.1. The van der Waals surface area contributed by atoms with E-state index >= 15 is 0 Å². The van der Waals surface area contributed by atoms with Gasteiger partial charge < -0.3 is 37.9 Å². The van der Waals surface area contributed by atoms with Crippen molar-refractivity contribution in [3.63, 3.8) is 0 Å². The number of aromatic nitrogens is 4. The van der Waals surface area contributed by atoms with Crippen LogP contribution in [0.4, 0.5) is 19.2 Å². The van der Waals surface area contributed by atoms with Crippen LogP contribution >= 0.6 is 0 Å². The first kappa shape index (κ1) is 52.9. The molecule has 20 heteroatoms. The molecule has 2 atom stereocenters. The summed E-state index contributed by atoms with van der Waals surface area (Å²) in [4.78, 5) is 91.2. The third kappa shape index (κ3) is 16.6. The summed E-state index contributed by atoms with van der Waals surface area (Å²) in [6.45, 7) is 22.3. The smallest absolute Gasteiger partial charge is 0.419 e. The van der Waals surface area contributed by atoms with E-state index in [-0.39, 0.29) is 63.7 Å². The predicted octanol–water partition coefficient (Wildman–Crippen LogP) is 6.50. The zero-order valence-corrected chi connectivity index (χ0v) is 39.4. The predicted molar refractivity (Wildman–Crippen MR) is 223 cm³/mol. The van der Waals surface area contributed by atoms with Crippen LogP contribution < -0.4 is 0 Å². The molecule has 2 aromatic rings. The first-order valence-corrected chi connectivity index (χ1v) is 20.2. The van der Waals surface area contributed by atoms with Crippen LogP contribution in [0.1, 0.15) is 121 Å². The van der Waals surface area contributed by atoms with Crippen molar-refractivity contribution in [3.8, 4) is 0 Å². The molecule has 62 heavy (non-hydrogen) atoms. The molecule has 20 nitrogen and oxygen atoms in total. The van der Waals surface area contributed by atoms with Gasteiger partial charge in [0.2, 0.25) is 0 Å². The molecule has 2 amide bonds. The van der Waals surface area contributed by atoms with Crippen LogP contribution in [0.2, 0.25) is 0 Å². The standard InChI is InChI=1S/C42H68N6O14/c1-37(2,3)59-33(51)45-23-29(43-25-45)21-41(13,47(27-55-15)35(53)61-39(7,8)9)31(49)57-19-17-18-20-58-32(50)42(14,48(28-56-16)36(54)62-40(10,11)12)22-30-24-46(26-44-30)34(52)60-38(4,5)6/h23-26H,17-22,27-28H2,1-16H3/t41-,42-/m0/s1. The number of carbonyl (C=O) groups excluding carboxylic acids is 6. The van der Waals surface area contributed by atoms with Gasteiger partial charge in [-0.3, -0.25) is 9.80 Å². The molecule has 2 aromatic heterocycles. The van der Waals surface area contributed by atoms with Crippen molar-refractivity contribution < 1.29 is 66.7 Å². The minimum atomic E-state index is -1.75. The highest BCUT2D eigenvalue weighted by atomic mass is 16.6. The second kappa shape index (κ2) is 21.2. The summed E-state index contributed by atoms with van der Waals surface area (Å²) in [6.07, 6.45) is 2.21. The molecule has 0 aliphatic rings. The number of hydrogen-bond donors (Lipinski definition) is 0. The van der Waals surface area contributed by atoms with E-state index in [4.69, 9.17) is 37.9 Å². The summed E-state index contributed by atoms with van der Waals surface area (Å²) in [5.74, 6) is -1.65. The molecule has 0 fully saturated rings. The van der Waals surface area contributed by atoms with Crippen molar-refractivity contribution in [1.82, 2.24) is 28.9 Å². The quantitative estimate of drug-likeness (QED) is 0.0717. The van der Waals surface area contributed by atoms with Crippen LogP contribution in [-0.2, 0) is 60.3 Å². The number of unbranched alkanes of at least 4 members (excludes halogenated alkanes) is 1. The van der Waals surface area contributed by atoms with Crippen LogP contribution in [-0.4, -0.2) is 140 Å². The molecule has 0 radical (unpaired) electrons. The van der Waals surface area contributed by atoms with E-state index < -0.39 is 69.8 Å². The first-order chi connectivity index (χ1) is 28.3. The highest BCUT2D eigenvalue weighted by molar-refractivity contribution is 5.87. The Labute approximate surface area is 364 Å². The Morgan fingerprint density at radius 3 is 1.10 bits per heavy atom. The van der Waals surface area contributed by atoms with Crippen LogP contribution in [0.25, 0.3) is 0 Å². The van der Waals surface area contributed by atoms with Crippen LogP contribution in [0.3, 0.4) is 0 Å². The molecule has 0 saturated heterocycles. The molecule has 0 saturated carbocycles. The van der Waals surface area contributed by atoms with E-state index in [0.29, 0.717) is 0 Å². The number of hydrogen-bond acceptors (Lipinski definition) is 16. The highest BCUT2D eigenvalue weighted by Crippen LogP contribution is 2.28. The minimum absolute atomic E-state index is 0.152. The van der Waals surface area contributed by atoms with Crippen LogP contribution in [0, 0.1) is 0 Å². The molecular formula is C42H68N6O14. The van der Waals surface area contributed by atoms with Gasteiger partial charge in [-0.05, 0) is 110 Å². The Morgan fingerprint density at radius 2 is 0.823 bits per heavy atom. The highest BCUT2D eigenvalue weighted by Gasteiger charge is 2.48. The number of ether oxygens (including phenoxy) is 8.